The summed E-state index contributed by atoms with van der Waals surface area (Å²) in [5, 5.41) is 4.14. The second-order valence-electron chi connectivity index (χ2n) is 5.77. The zero-order valence-corrected chi connectivity index (χ0v) is 10.4. The molecule has 1 heterocycles. The molecule has 2 saturated carbocycles. The summed E-state index contributed by atoms with van der Waals surface area (Å²) in [6.07, 6.45) is 10.6. The lowest BCUT2D eigenvalue weighted by Crippen LogP contribution is -2.21. The standard InChI is InChI=1S/C14H20N2O/c1-16-9-11(8-15-16)3-5-14(17)13-7-10-2-4-12(13)6-10/h8-10,12-13H,2-7H2,1H3. The normalized spacial score (nSPS) is 31.0. The summed E-state index contributed by atoms with van der Waals surface area (Å²) >= 11 is 0. The van der Waals surface area contributed by atoms with Crippen LogP contribution in [0.5, 0.6) is 0 Å². The highest BCUT2D eigenvalue weighted by molar-refractivity contribution is 5.82. The van der Waals surface area contributed by atoms with E-state index in [0.29, 0.717) is 18.1 Å². The number of hydrogen-bond acceptors (Lipinski definition) is 2. The second-order valence-corrected chi connectivity index (χ2v) is 5.77. The molecule has 0 saturated heterocycles. The number of aromatic nitrogens is 2. The molecule has 2 aliphatic carbocycles. The molecule has 1 aromatic rings. The zero-order valence-electron chi connectivity index (χ0n) is 10.4. The summed E-state index contributed by atoms with van der Waals surface area (Å²) < 4.78 is 1.80. The fourth-order valence-electron chi connectivity index (χ4n) is 3.69. The van der Waals surface area contributed by atoms with Crippen molar-refractivity contribution in [1.82, 2.24) is 9.78 Å². The van der Waals surface area contributed by atoms with Crippen LogP contribution in [0.3, 0.4) is 0 Å². The molecule has 0 aliphatic heterocycles. The first-order valence-electron chi connectivity index (χ1n) is 6.72. The Balaban J connectivity index is 1.54. The molecule has 2 bridgehead atoms. The minimum Gasteiger partial charge on any atom is -0.299 e. The number of ketones is 1. The molecule has 1 aromatic heterocycles. The van der Waals surface area contributed by atoms with Crippen LogP contribution in [0.4, 0.5) is 0 Å². The Kier molecular flexibility index (Phi) is 2.77. The van der Waals surface area contributed by atoms with Crippen LogP contribution >= 0.6 is 0 Å². The van der Waals surface area contributed by atoms with E-state index >= 15 is 0 Å². The maximum Gasteiger partial charge on any atom is 0.136 e. The Labute approximate surface area is 102 Å². The van der Waals surface area contributed by atoms with Gasteiger partial charge in [-0.25, -0.2) is 0 Å². The van der Waals surface area contributed by atoms with Gasteiger partial charge in [0, 0.05) is 25.6 Å². The lowest BCUT2D eigenvalue weighted by atomic mass is 9.84. The van der Waals surface area contributed by atoms with Crippen LogP contribution in [0, 0.1) is 17.8 Å². The SMILES string of the molecule is Cn1cc(CCC(=O)C2CC3CCC2C3)cn1. The first-order valence-corrected chi connectivity index (χ1v) is 6.72. The van der Waals surface area contributed by atoms with Gasteiger partial charge in [0.05, 0.1) is 6.20 Å². The molecule has 92 valence electrons. The van der Waals surface area contributed by atoms with Crippen molar-refractivity contribution in [2.75, 3.05) is 0 Å². The number of carbonyl (C=O) groups is 1. The monoisotopic (exact) mass is 232 g/mol. The van der Waals surface area contributed by atoms with Gasteiger partial charge in [0.25, 0.3) is 0 Å². The first kappa shape index (κ1) is 11.0. The van der Waals surface area contributed by atoms with Gasteiger partial charge in [0.15, 0.2) is 0 Å². The molecule has 3 nitrogen and oxygen atoms in total. The van der Waals surface area contributed by atoms with Crippen LogP contribution < -0.4 is 0 Å². The van der Waals surface area contributed by atoms with Gasteiger partial charge < -0.3 is 0 Å². The average Bonchev–Trinajstić information content (AvgIpc) is 3.01. The Morgan fingerprint density at radius 1 is 1.47 bits per heavy atom. The van der Waals surface area contributed by atoms with Gasteiger partial charge in [-0.2, -0.15) is 5.10 Å². The van der Waals surface area contributed by atoms with Crippen molar-refractivity contribution in [3.63, 3.8) is 0 Å². The van der Waals surface area contributed by atoms with E-state index in [2.05, 4.69) is 5.10 Å². The van der Waals surface area contributed by atoms with E-state index in [4.69, 9.17) is 0 Å². The largest absolute Gasteiger partial charge is 0.299 e. The van der Waals surface area contributed by atoms with Crippen molar-refractivity contribution < 1.29 is 4.79 Å². The highest BCUT2D eigenvalue weighted by Gasteiger charge is 2.42. The van der Waals surface area contributed by atoms with Crippen LogP contribution in [-0.2, 0) is 18.3 Å². The molecular weight excluding hydrogens is 212 g/mol. The van der Waals surface area contributed by atoms with Crippen LogP contribution in [-0.4, -0.2) is 15.6 Å². The van der Waals surface area contributed by atoms with Crippen molar-refractivity contribution >= 4 is 5.78 Å². The summed E-state index contributed by atoms with van der Waals surface area (Å²) in [6.45, 7) is 0. The third kappa shape index (κ3) is 2.15. The molecule has 0 amide bonds. The molecule has 0 aromatic carbocycles. The van der Waals surface area contributed by atoms with Crippen molar-refractivity contribution in [1.29, 1.82) is 0 Å². The molecule has 17 heavy (non-hydrogen) atoms. The van der Waals surface area contributed by atoms with Crippen LogP contribution in [0.25, 0.3) is 0 Å². The third-order valence-corrected chi connectivity index (χ3v) is 4.57. The Morgan fingerprint density at radius 3 is 2.94 bits per heavy atom. The van der Waals surface area contributed by atoms with Gasteiger partial charge in [-0.05, 0) is 43.1 Å². The summed E-state index contributed by atoms with van der Waals surface area (Å²) in [4.78, 5) is 12.2. The number of Topliss-reactive ketones (excluding diaryl/α,β-unsaturated/α-hetero) is 1. The topological polar surface area (TPSA) is 34.9 Å². The van der Waals surface area contributed by atoms with Crippen LogP contribution in [0.2, 0.25) is 0 Å². The average molecular weight is 232 g/mol. The number of aryl methyl sites for hydroxylation is 2. The first-order chi connectivity index (χ1) is 8.22. The maximum absolute atomic E-state index is 12.2. The van der Waals surface area contributed by atoms with Crippen molar-refractivity contribution in [3.8, 4) is 0 Å². The zero-order chi connectivity index (χ0) is 11.8. The van der Waals surface area contributed by atoms with E-state index in [0.717, 1.165) is 18.3 Å². The van der Waals surface area contributed by atoms with Gasteiger partial charge in [-0.1, -0.05) is 6.42 Å². The highest BCUT2D eigenvalue weighted by Crippen LogP contribution is 2.48. The molecule has 2 aliphatic rings. The van der Waals surface area contributed by atoms with E-state index in [-0.39, 0.29) is 0 Å². The van der Waals surface area contributed by atoms with Crippen molar-refractivity contribution in [3.05, 3.63) is 18.0 Å². The molecule has 0 N–H and O–H groups in total. The summed E-state index contributed by atoms with van der Waals surface area (Å²) in [6, 6.07) is 0. The quantitative estimate of drug-likeness (QED) is 0.798. The summed E-state index contributed by atoms with van der Waals surface area (Å²) in [7, 11) is 1.92. The molecule has 2 fully saturated rings. The van der Waals surface area contributed by atoms with Gasteiger partial charge >= 0.3 is 0 Å². The Bertz CT molecular complexity index is 424. The van der Waals surface area contributed by atoms with E-state index < -0.39 is 0 Å². The Morgan fingerprint density at radius 2 is 2.35 bits per heavy atom. The van der Waals surface area contributed by atoms with Gasteiger partial charge in [-0.15, -0.1) is 0 Å². The van der Waals surface area contributed by atoms with Gasteiger partial charge in [-0.3, -0.25) is 9.48 Å². The number of carbonyl (C=O) groups excluding carboxylic acids is 1. The smallest absolute Gasteiger partial charge is 0.136 e. The van der Waals surface area contributed by atoms with E-state index in [9.17, 15) is 4.79 Å². The summed E-state index contributed by atoms with van der Waals surface area (Å²) in [5.74, 6) is 2.49. The van der Waals surface area contributed by atoms with E-state index in [1.165, 1.54) is 31.2 Å². The molecule has 3 atom stereocenters. The van der Waals surface area contributed by atoms with E-state index in [1.807, 2.05) is 19.4 Å². The van der Waals surface area contributed by atoms with Gasteiger partial charge in [0.2, 0.25) is 0 Å². The summed E-state index contributed by atoms with van der Waals surface area (Å²) in [5.41, 5.74) is 1.18. The molecule has 3 rings (SSSR count). The van der Waals surface area contributed by atoms with Gasteiger partial charge in [0.1, 0.15) is 5.78 Å². The fourth-order valence-corrected chi connectivity index (χ4v) is 3.69. The van der Waals surface area contributed by atoms with Crippen LogP contribution in [0.15, 0.2) is 12.4 Å². The lowest BCUT2D eigenvalue weighted by molar-refractivity contribution is -0.124. The van der Waals surface area contributed by atoms with Crippen LogP contribution in [0.1, 0.15) is 37.7 Å². The van der Waals surface area contributed by atoms with Crippen molar-refractivity contribution in [2.45, 2.75) is 38.5 Å². The minimum absolute atomic E-state index is 0.394. The number of rotatable bonds is 4. The van der Waals surface area contributed by atoms with E-state index in [1.54, 1.807) is 4.68 Å². The molecule has 3 heteroatoms. The third-order valence-electron chi connectivity index (χ3n) is 4.57. The molecular formula is C14H20N2O. The number of hydrogen-bond donors (Lipinski definition) is 0. The number of nitrogens with zero attached hydrogens (tertiary/aromatic N) is 2. The molecule has 0 spiro atoms. The predicted octanol–water partition coefficient (Wildman–Crippen LogP) is 2.36. The lowest BCUT2D eigenvalue weighted by Gasteiger charge is -2.19. The maximum atomic E-state index is 12.2. The molecule has 3 unspecified atom stereocenters. The Hall–Kier alpha value is -1.12. The predicted molar refractivity (Wildman–Crippen MR) is 65.5 cm³/mol. The fraction of sp³-hybridized carbons (Fsp3) is 0.714. The highest BCUT2D eigenvalue weighted by atomic mass is 16.1. The van der Waals surface area contributed by atoms with Crippen molar-refractivity contribution in [2.24, 2.45) is 24.8 Å². The second kappa shape index (κ2) is 4.28. The molecule has 0 radical (unpaired) electrons. The minimum atomic E-state index is 0.394. The number of fused-ring (bicyclic) bond motifs is 2.